The van der Waals surface area contributed by atoms with Gasteiger partial charge in [0.05, 0.1) is 20.3 Å². The topological polar surface area (TPSA) is 84.7 Å². The minimum Gasteiger partial charge on any atom is -0.497 e. The Balaban J connectivity index is 1.47. The van der Waals surface area contributed by atoms with Gasteiger partial charge in [0, 0.05) is 24.0 Å². The van der Waals surface area contributed by atoms with Crippen molar-refractivity contribution >= 4 is 27.5 Å². The average Bonchev–Trinajstić information content (AvgIpc) is 3.58. The van der Waals surface area contributed by atoms with Crippen molar-refractivity contribution in [2.24, 2.45) is 5.92 Å². The fourth-order valence-corrected chi connectivity index (χ4v) is 5.71. The van der Waals surface area contributed by atoms with Gasteiger partial charge in [0.2, 0.25) is 0 Å². The number of rotatable bonds is 6. The van der Waals surface area contributed by atoms with Gasteiger partial charge in [0.1, 0.15) is 22.9 Å². The van der Waals surface area contributed by atoms with Crippen LogP contribution in [0.1, 0.15) is 44.7 Å². The monoisotopic (exact) mass is 575 g/mol. The Morgan fingerprint density at radius 3 is 2.16 bits per heavy atom. The van der Waals surface area contributed by atoms with Crippen molar-refractivity contribution in [1.29, 1.82) is 0 Å². The van der Waals surface area contributed by atoms with E-state index in [1.54, 1.807) is 18.9 Å². The molecular weight excluding hydrogens is 542 g/mol. The van der Waals surface area contributed by atoms with Crippen LogP contribution in [0.2, 0.25) is 0 Å². The Labute approximate surface area is 250 Å². The molecule has 4 aromatic carbocycles. The SMILES string of the molecule is CC[C@H]1O[C@@H](n2nnc(-c3ccc4cc(OC)ccc4c3)c2C#Cc2ccc3cc(OC)ccc3c2)[C@H](OC(C)=O)[C@@H]1C. The van der Waals surface area contributed by atoms with Gasteiger partial charge in [-0.05, 0) is 76.4 Å². The largest absolute Gasteiger partial charge is 0.497 e. The van der Waals surface area contributed by atoms with E-state index in [9.17, 15) is 4.79 Å². The van der Waals surface area contributed by atoms with Gasteiger partial charge >= 0.3 is 5.97 Å². The fourth-order valence-electron chi connectivity index (χ4n) is 5.71. The number of hydrogen-bond acceptors (Lipinski definition) is 7. The summed E-state index contributed by atoms with van der Waals surface area (Å²) in [4.78, 5) is 12.1. The molecule has 43 heavy (non-hydrogen) atoms. The van der Waals surface area contributed by atoms with Crippen LogP contribution < -0.4 is 9.47 Å². The molecule has 4 atom stereocenters. The van der Waals surface area contributed by atoms with Gasteiger partial charge in [-0.1, -0.05) is 55.3 Å². The van der Waals surface area contributed by atoms with Crippen molar-refractivity contribution in [2.75, 3.05) is 14.2 Å². The van der Waals surface area contributed by atoms with Crippen LogP contribution in [-0.2, 0) is 14.3 Å². The summed E-state index contributed by atoms with van der Waals surface area (Å²) in [6.07, 6.45) is -0.523. The van der Waals surface area contributed by atoms with Crippen LogP contribution in [0.5, 0.6) is 11.5 Å². The van der Waals surface area contributed by atoms with Gasteiger partial charge in [-0.15, -0.1) is 5.10 Å². The van der Waals surface area contributed by atoms with Crippen LogP contribution in [-0.4, -0.2) is 47.4 Å². The molecule has 0 N–H and O–H groups in total. The molecule has 1 fully saturated rings. The zero-order valence-corrected chi connectivity index (χ0v) is 24.8. The Hall–Kier alpha value is -4.87. The smallest absolute Gasteiger partial charge is 0.303 e. The van der Waals surface area contributed by atoms with E-state index in [4.69, 9.17) is 18.9 Å². The molecule has 1 saturated heterocycles. The molecule has 8 nitrogen and oxygen atoms in total. The zero-order valence-electron chi connectivity index (χ0n) is 24.8. The highest BCUT2D eigenvalue weighted by molar-refractivity contribution is 5.89. The molecule has 0 unspecified atom stereocenters. The highest BCUT2D eigenvalue weighted by Crippen LogP contribution is 2.39. The molecule has 0 saturated carbocycles. The van der Waals surface area contributed by atoms with Gasteiger partial charge in [-0.2, -0.15) is 0 Å². The van der Waals surface area contributed by atoms with Gasteiger partial charge in [0.25, 0.3) is 0 Å². The maximum Gasteiger partial charge on any atom is 0.303 e. The number of methoxy groups -OCH3 is 2. The Morgan fingerprint density at radius 1 is 0.884 bits per heavy atom. The number of fused-ring (bicyclic) bond motifs is 2. The molecule has 2 heterocycles. The Bertz CT molecular complexity index is 1890. The fraction of sp³-hybridized carbons (Fsp3) is 0.286. The first-order chi connectivity index (χ1) is 20.9. The molecule has 0 spiro atoms. The summed E-state index contributed by atoms with van der Waals surface area (Å²) >= 11 is 0. The second-order valence-electron chi connectivity index (χ2n) is 10.7. The highest BCUT2D eigenvalue weighted by atomic mass is 16.6. The molecule has 218 valence electrons. The third-order valence-corrected chi connectivity index (χ3v) is 8.03. The molecular formula is C35H33N3O5. The number of aromatic nitrogens is 3. The van der Waals surface area contributed by atoms with E-state index in [0.29, 0.717) is 11.4 Å². The van der Waals surface area contributed by atoms with Crippen LogP contribution in [0.25, 0.3) is 32.8 Å². The van der Waals surface area contributed by atoms with Crippen LogP contribution >= 0.6 is 0 Å². The number of hydrogen-bond donors (Lipinski definition) is 0. The summed E-state index contributed by atoms with van der Waals surface area (Å²) in [5.41, 5.74) is 2.90. The van der Waals surface area contributed by atoms with E-state index in [2.05, 4.69) is 35.1 Å². The maximum absolute atomic E-state index is 12.1. The molecule has 1 aliphatic rings. The molecule has 0 radical (unpaired) electrons. The zero-order chi connectivity index (χ0) is 30.1. The maximum atomic E-state index is 12.1. The number of esters is 1. The predicted octanol–water partition coefficient (Wildman–Crippen LogP) is 6.54. The minimum absolute atomic E-state index is 0.0273. The molecule has 1 aliphatic heterocycles. The second-order valence-corrected chi connectivity index (χ2v) is 10.7. The van der Waals surface area contributed by atoms with Gasteiger partial charge < -0.3 is 18.9 Å². The van der Waals surface area contributed by atoms with Crippen LogP contribution in [0.4, 0.5) is 0 Å². The predicted molar refractivity (Wildman–Crippen MR) is 165 cm³/mol. The number of carbonyl (C=O) groups excluding carboxylic acids is 1. The highest BCUT2D eigenvalue weighted by Gasteiger charge is 2.46. The van der Waals surface area contributed by atoms with Crippen molar-refractivity contribution < 1.29 is 23.7 Å². The van der Waals surface area contributed by atoms with E-state index in [1.807, 2.05) is 73.7 Å². The van der Waals surface area contributed by atoms with E-state index < -0.39 is 12.3 Å². The van der Waals surface area contributed by atoms with Crippen LogP contribution in [0.3, 0.4) is 0 Å². The first-order valence-electron chi connectivity index (χ1n) is 14.3. The lowest BCUT2D eigenvalue weighted by atomic mass is 9.98. The third-order valence-electron chi connectivity index (χ3n) is 8.03. The standard InChI is InChI=1S/C35H33N3O5/c1-6-32-21(2)34(42-22(3)39)35(43-32)38-31(16-8-23-7-9-26-19-29(40-4)14-12-24(26)17-23)33(36-37-38)28-11-10-27-20-30(41-5)15-13-25(27)18-28/h7,9-15,17-21,32,34-35H,6H2,1-5H3/t21-,32-,34-,35-/m1/s1. The Kier molecular flexibility index (Phi) is 7.75. The summed E-state index contributed by atoms with van der Waals surface area (Å²) in [5, 5.41) is 13.3. The summed E-state index contributed by atoms with van der Waals surface area (Å²) < 4.78 is 24.6. The lowest BCUT2D eigenvalue weighted by molar-refractivity contribution is -0.154. The summed E-state index contributed by atoms with van der Waals surface area (Å²) in [7, 11) is 3.31. The van der Waals surface area contributed by atoms with Gasteiger partial charge in [-0.25, -0.2) is 4.68 Å². The van der Waals surface area contributed by atoms with Crippen molar-refractivity contribution in [3.05, 3.63) is 84.1 Å². The van der Waals surface area contributed by atoms with Gasteiger partial charge in [-0.3, -0.25) is 4.79 Å². The lowest BCUT2D eigenvalue weighted by Crippen LogP contribution is -2.30. The van der Waals surface area contributed by atoms with E-state index in [0.717, 1.165) is 50.6 Å². The van der Waals surface area contributed by atoms with Gasteiger partial charge in [0.15, 0.2) is 12.3 Å². The number of ether oxygens (including phenoxy) is 4. The van der Waals surface area contributed by atoms with Crippen molar-refractivity contribution in [2.45, 2.75) is 45.6 Å². The van der Waals surface area contributed by atoms with E-state index in [1.165, 1.54) is 6.92 Å². The van der Waals surface area contributed by atoms with Crippen molar-refractivity contribution in [1.82, 2.24) is 15.0 Å². The van der Waals surface area contributed by atoms with Crippen LogP contribution in [0, 0.1) is 17.8 Å². The summed E-state index contributed by atoms with van der Waals surface area (Å²) in [6, 6.07) is 24.0. The molecule has 0 amide bonds. The summed E-state index contributed by atoms with van der Waals surface area (Å²) in [5.74, 6) is 7.88. The molecule has 6 rings (SSSR count). The average molecular weight is 576 g/mol. The number of benzene rings is 4. The molecule has 5 aromatic rings. The molecule has 0 bridgehead atoms. The Morgan fingerprint density at radius 2 is 1.51 bits per heavy atom. The van der Waals surface area contributed by atoms with Crippen molar-refractivity contribution in [3.63, 3.8) is 0 Å². The first kappa shape index (κ1) is 28.3. The third kappa shape index (κ3) is 5.52. The molecule has 0 aliphatic carbocycles. The number of carbonyl (C=O) groups is 1. The quantitative estimate of drug-likeness (QED) is 0.168. The number of nitrogens with zero attached hydrogens (tertiary/aromatic N) is 3. The van der Waals surface area contributed by atoms with E-state index in [-0.39, 0.29) is 18.0 Å². The molecule has 1 aromatic heterocycles. The lowest BCUT2D eigenvalue weighted by Gasteiger charge is -2.21. The molecule has 8 heteroatoms. The van der Waals surface area contributed by atoms with E-state index >= 15 is 0 Å². The first-order valence-corrected chi connectivity index (χ1v) is 14.3. The van der Waals surface area contributed by atoms with Crippen LogP contribution in [0.15, 0.2) is 72.8 Å². The second kappa shape index (κ2) is 11.8. The summed E-state index contributed by atoms with van der Waals surface area (Å²) in [6.45, 7) is 5.50. The minimum atomic E-state index is -0.664. The van der Waals surface area contributed by atoms with Crippen molar-refractivity contribution in [3.8, 4) is 34.6 Å². The normalized spacial score (nSPS) is 19.7.